The van der Waals surface area contributed by atoms with Gasteiger partial charge in [-0.1, -0.05) is 23.2 Å². The lowest BCUT2D eigenvalue weighted by Crippen LogP contribution is -1.97. The Morgan fingerprint density at radius 3 is 2.74 bits per heavy atom. The third-order valence-corrected chi connectivity index (χ3v) is 4.42. The summed E-state index contributed by atoms with van der Waals surface area (Å²) in [5.41, 5.74) is 1.35. The molecule has 0 saturated carbocycles. The molecule has 0 radical (unpaired) electrons. The maximum absolute atomic E-state index is 12.5. The average molecular weight is 310 g/mol. The van der Waals surface area contributed by atoms with Crippen LogP contribution in [-0.2, 0) is 0 Å². The Kier molecular flexibility index (Phi) is 3.13. The minimum Gasteiger partial charge on any atom is -0.360 e. The van der Waals surface area contributed by atoms with Crippen LogP contribution < -0.4 is 0 Å². The zero-order valence-corrected chi connectivity index (χ0v) is 12.3. The molecule has 0 spiro atoms. The maximum atomic E-state index is 12.5. The van der Waals surface area contributed by atoms with Crippen LogP contribution in [0.3, 0.4) is 0 Å². The number of carbonyl (C=O) groups excluding carboxylic acids is 1. The normalized spacial score (nSPS) is 11.1. The number of H-pyrrole nitrogens is 1. The van der Waals surface area contributed by atoms with Crippen LogP contribution in [0.25, 0.3) is 10.9 Å². The van der Waals surface area contributed by atoms with Gasteiger partial charge in [-0.2, -0.15) is 0 Å². The number of ketones is 1. The molecule has 0 amide bonds. The van der Waals surface area contributed by atoms with E-state index in [2.05, 4.69) is 4.98 Å². The van der Waals surface area contributed by atoms with Gasteiger partial charge in [0.25, 0.3) is 0 Å². The molecule has 1 N–H and O–H groups in total. The molecule has 19 heavy (non-hydrogen) atoms. The highest BCUT2D eigenvalue weighted by Crippen LogP contribution is 2.32. The molecule has 2 nitrogen and oxygen atoms in total. The highest BCUT2D eigenvalue weighted by Gasteiger charge is 2.18. The van der Waals surface area contributed by atoms with Gasteiger partial charge in [-0.25, -0.2) is 0 Å². The van der Waals surface area contributed by atoms with Gasteiger partial charge in [-0.3, -0.25) is 4.79 Å². The van der Waals surface area contributed by atoms with Crippen LogP contribution >= 0.6 is 34.5 Å². The fourth-order valence-electron chi connectivity index (χ4n) is 2.05. The van der Waals surface area contributed by atoms with E-state index in [1.807, 2.05) is 19.1 Å². The van der Waals surface area contributed by atoms with Crippen LogP contribution in [0.2, 0.25) is 10.0 Å². The van der Waals surface area contributed by atoms with Crippen molar-refractivity contribution in [2.75, 3.05) is 0 Å². The van der Waals surface area contributed by atoms with Crippen LogP contribution in [0.15, 0.2) is 30.5 Å². The van der Waals surface area contributed by atoms with E-state index in [4.69, 9.17) is 23.2 Å². The van der Waals surface area contributed by atoms with Gasteiger partial charge >= 0.3 is 0 Å². The van der Waals surface area contributed by atoms with Crippen LogP contribution in [-0.4, -0.2) is 10.8 Å². The average Bonchev–Trinajstić information content (AvgIpc) is 2.94. The van der Waals surface area contributed by atoms with Crippen molar-refractivity contribution in [1.29, 1.82) is 0 Å². The van der Waals surface area contributed by atoms with Crippen molar-refractivity contribution in [3.63, 3.8) is 0 Å². The van der Waals surface area contributed by atoms with Crippen molar-refractivity contribution in [3.8, 4) is 0 Å². The minimum atomic E-state index is -0.0198. The first kappa shape index (κ1) is 12.7. The number of aromatic nitrogens is 1. The van der Waals surface area contributed by atoms with Gasteiger partial charge in [0.1, 0.15) is 0 Å². The first-order valence-corrected chi connectivity index (χ1v) is 7.21. The molecule has 0 unspecified atom stereocenters. The van der Waals surface area contributed by atoms with Crippen LogP contribution in [0.5, 0.6) is 0 Å². The Morgan fingerprint density at radius 1 is 1.26 bits per heavy atom. The van der Waals surface area contributed by atoms with Crippen molar-refractivity contribution >= 4 is 51.2 Å². The molecular weight excluding hydrogens is 301 g/mol. The van der Waals surface area contributed by atoms with Gasteiger partial charge in [0, 0.05) is 27.0 Å². The van der Waals surface area contributed by atoms with Gasteiger partial charge < -0.3 is 4.98 Å². The standard InChI is InChI=1S/C14H9Cl2NOS/c1-7-2-3-12(19-7)14(18)9-6-17-11-5-8(15)4-10(16)13(9)11/h2-6,17H,1H3. The number of halogens is 2. The summed E-state index contributed by atoms with van der Waals surface area (Å²) in [4.78, 5) is 17.3. The Hall–Kier alpha value is -1.29. The van der Waals surface area contributed by atoms with Crippen LogP contribution in [0.4, 0.5) is 0 Å². The molecule has 3 aromatic rings. The Morgan fingerprint density at radius 2 is 2.05 bits per heavy atom. The maximum Gasteiger partial charge on any atom is 0.205 e. The number of benzene rings is 1. The highest BCUT2D eigenvalue weighted by atomic mass is 35.5. The molecule has 0 saturated heterocycles. The predicted octanol–water partition coefficient (Wildman–Crippen LogP) is 5.08. The lowest BCUT2D eigenvalue weighted by Gasteiger charge is -2.00. The third kappa shape index (κ3) is 2.18. The van der Waals surface area contributed by atoms with E-state index in [1.165, 1.54) is 11.3 Å². The van der Waals surface area contributed by atoms with Gasteiger partial charge in [-0.15, -0.1) is 11.3 Å². The quantitative estimate of drug-likeness (QED) is 0.658. The van der Waals surface area contributed by atoms with Crippen molar-refractivity contribution in [1.82, 2.24) is 4.98 Å². The summed E-state index contributed by atoms with van der Waals surface area (Å²) < 4.78 is 0. The van der Waals surface area contributed by atoms with E-state index >= 15 is 0 Å². The molecule has 2 aromatic heterocycles. The SMILES string of the molecule is Cc1ccc(C(=O)c2c[nH]c3cc(Cl)cc(Cl)c23)s1. The number of hydrogen-bond acceptors (Lipinski definition) is 2. The topological polar surface area (TPSA) is 32.9 Å². The van der Waals surface area contributed by atoms with Gasteiger partial charge in [0.15, 0.2) is 0 Å². The monoisotopic (exact) mass is 309 g/mol. The smallest absolute Gasteiger partial charge is 0.205 e. The predicted molar refractivity (Wildman–Crippen MR) is 80.8 cm³/mol. The Balaban J connectivity index is 2.18. The summed E-state index contributed by atoms with van der Waals surface area (Å²) >= 11 is 13.6. The summed E-state index contributed by atoms with van der Waals surface area (Å²) in [5.74, 6) is -0.0198. The summed E-state index contributed by atoms with van der Waals surface area (Å²) in [5, 5.41) is 1.76. The number of aromatic amines is 1. The number of nitrogens with one attached hydrogen (secondary N) is 1. The largest absolute Gasteiger partial charge is 0.360 e. The zero-order valence-electron chi connectivity index (χ0n) is 9.96. The molecule has 3 rings (SSSR count). The number of aryl methyl sites for hydroxylation is 1. The summed E-state index contributed by atoms with van der Waals surface area (Å²) in [7, 11) is 0. The van der Waals surface area contributed by atoms with E-state index in [-0.39, 0.29) is 5.78 Å². The molecule has 0 atom stereocenters. The van der Waals surface area contributed by atoms with Crippen molar-refractivity contribution < 1.29 is 4.79 Å². The van der Waals surface area contributed by atoms with E-state index in [1.54, 1.807) is 18.3 Å². The van der Waals surface area contributed by atoms with E-state index in [9.17, 15) is 4.79 Å². The molecule has 0 fully saturated rings. The third-order valence-electron chi connectivity index (χ3n) is 2.91. The van der Waals surface area contributed by atoms with Gasteiger partial charge in [0.2, 0.25) is 5.78 Å². The number of rotatable bonds is 2. The zero-order chi connectivity index (χ0) is 13.6. The lowest BCUT2D eigenvalue weighted by molar-refractivity contribution is 0.104. The molecular formula is C14H9Cl2NOS. The molecule has 0 aliphatic carbocycles. The molecule has 0 aliphatic heterocycles. The van der Waals surface area contributed by atoms with E-state index in [0.29, 0.717) is 20.5 Å². The second kappa shape index (κ2) is 4.67. The Labute approximate surface area is 124 Å². The van der Waals surface area contributed by atoms with Crippen molar-refractivity contribution in [2.45, 2.75) is 6.92 Å². The Bertz CT molecular complexity index is 788. The number of fused-ring (bicyclic) bond motifs is 1. The van der Waals surface area contributed by atoms with E-state index < -0.39 is 0 Å². The highest BCUT2D eigenvalue weighted by molar-refractivity contribution is 7.14. The molecule has 0 bridgehead atoms. The van der Waals surface area contributed by atoms with Crippen molar-refractivity contribution in [2.24, 2.45) is 0 Å². The van der Waals surface area contributed by atoms with Crippen LogP contribution in [0.1, 0.15) is 20.1 Å². The summed E-state index contributed by atoms with van der Waals surface area (Å²) in [6.07, 6.45) is 1.68. The second-order valence-electron chi connectivity index (χ2n) is 4.25. The molecule has 96 valence electrons. The van der Waals surface area contributed by atoms with Gasteiger partial charge in [-0.05, 0) is 31.2 Å². The number of thiophene rings is 1. The first-order chi connectivity index (χ1) is 9.06. The molecule has 2 heterocycles. The van der Waals surface area contributed by atoms with E-state index in [0.717, 1.165) is 15.8 Å². The fraction of sp³-hybridized carbons (Fsp3) is 0.0714. The number of carbonyl (C=O) groups is 1. The van der Waals surface area contributed by atoms with Gasteiger partial charge in [0.05, 0.1) is 15.5 Å². The summed E-state index contributed by atoms with van der Waals surface area (Å²) in [6.45, 7) is 1.98. The lowest BCUT2D eigenvalue weighted by atomic mass is 10.1. The fourth-order valence-corrected chi connectivity index (χ4v) is 3.47. The summed E-state index contributed by atoms with van der Waals surface area (Å²) in [6, 6.07) is 7.19. The minimum absolute atomic E-state index is 0.0198. The first-order valence-electron chi connectivity index (χ1n) is 5.63. The van der Waals surface area contributed by atoms with Crippen molar-refractivity contribution in [3.05, 3.63) is 55.8 Å². The second-order valence-corrected chi connectivity index (χ2v) is 6.38. The molecule has 0 aliphatic rings. The molecule has 5 heteroatoms. The molecule has 1 aromatic carbocycles. The number of hydrogen-bond donors (Lipinski definition) is 1. The van der Waals surface area contributed by atoms with Crippen LogP contribution in [0, 0.1) is 6.92 Å².